The molecule has 0 unspecified atom stereocenters. The molecule has 1 heterocycles. The van der Waals surface area contributed by atoms with Gasteiger partial charge in [-0.1, -0.05) is 0 Å². The summed E-state index contributed by atoms with van der Waals surface area (Å²) in [4.78, 5) is 27.8. The van der Waals surface area contributed by atoms with Crippen LogP contribution in [0.2, 0.25) is 0 Å². The second-order valence-electron chi connectivity index (χ2n) is 3.98. The number of hydrogen-bond donors (Lipinski definition) is 1. The van der Waals surface area contributed by atoms with Gasteiger partial charge in [-0.25, -0.2) is 0 Å². The highest BCUT2D eigenvalue weighted by Gasteiger charge is 2.30. The molecule has 7 nitrogen and oxygen atoms in total. The van der Waals surface area contributed by atoms with Crippen molar-refractivity contribution in [2.75, 3.05) is 14.1 Å². The maximum Gasteiger partial charge on any atom is 0.270 e. The number of phenols is 1. The Kier molecular flexibility index (Phi) is 3.75. The van der Waals surface area contributed by atoms with E-state index in [4.69, 9.17) is 0 Å². The molecule has 0 aliphatic carbocycles. The minimum absolute atomic E-state index is 0.124. The molecule has 0 radical (unpaired) electrons. The lowest BCUT2D eigenvalue weighted by Gasteiger charge is -2.05. The van der Waals surface area contributed by atoms with E-state index in [2.05, 4.69) is 4.99 Å². The molecule has 1 saturated heterocycles. The highest BCUT2D eigenvalue weighted by atomic mass is 32.2. The van der Waals surface area contributed by atoms with E-state index in [1.54, 1.807) is 14.1 Å². The van der Waals surface area contributed by atoms with E-state index in [1.165, 1.54) is 29.2 Å². The van der Waals surface area contributed by atoms with Crippen LogP contribution in [0.4, 0.5) is 5.69 Å². The normalized spacial score (nSPS) is 19.1. The Balaban J connectivity index is 2.43. The number of amidine groups is 1. The van der Waals surface area contributed by atoms with Crippen LogP contribution >= 0.6 is 11.8 Å². The summed E-state index contributed by atoms with van der Waals surface area (Å²) in [6.45, 7) is 0. The van der Waals surface area contributed by atoms with Gasteiger partial charge in [-0.15, -0.1) is 0 Å². The van der Waals surface area contributed by atoms with E-state index in [1.807, 2.05) is 0 Å². The molecular weight excluding hydrogens is 282 g/mol. The number of nitro benzene ring substituents is 1. The summed E-state index contributed by atoms with van der Waals surface area (Å²) in [6.07, 6.45) is 1.42. The molecule has 0 aromatic heterocycles. The zero-order chi connectivity index (χ0) is 14.9. The lowest BCUT2D eigenvalue weighted by atomic mass is 10.1. The molecule has 0 saturated carbocycles. The van der Waals surface area contributed by atoms with Crippen molar-refractivity contribution in [3.8, 4) is 5.75 Å². The molecule has 1 aliphatic rings. The fourth-order valence-electron chi connectivity index (χ4n) is 1.66. The zero-order valence-electron chi connectivity index (χ0n) is 10.7. The lowest BCUT2D eigenvalue weighted by Crippen LogP contribution is -2.23. The van der Waals surface area contributed by atoms with Crippen molar-refractivity contribution >= 4 is 34.6 Å². The van der Waals surface area contributed by atoms with Crippen LogP contribution in [-0.2, 0) is 4.79 Å². The number of rotatable bonds is 2. The predicted molar refractivity (Wildman–Crippen MR) is 76.5 cm³/mol. The van der Waals surface area contributed by atoms with E-state index >= 15 is 0 Å². The van der Waals surface area contributed by atoms with Gasteiger partial charge < -0.3 is 5.11 Å². The van der Waals surface area contributed by atoms with Gasteiger partial charge in [0.2, 0.25) is 0 Å². The van der Waals surface area contributed by atoms with Crippen molar-refractivity contribution in [2.24, 2.45) is 4.99 Å². The highest BCUT2D eigenvalue weighted by molar-refractivity contribution is 8.18. The number of carbonyl (C=O) groups is 1. The number of aromatic hydroxyl groups is 1. The second-order valence-corrected chi connectivity index (χ2v) is 4.99. The summed E-state index contributed by atoms with van der Waals surface area (Å²) in [7, 11) is 3.16. The monoisotopic (exact) mass is 293 g/mol. The van der Waals surface area contributed by atoms with Gasteiger partial charge in [0.25, 0.3) is 11.6 Å². The smallest absolute Gasteiger partial charge is 0.270 e. The SMILES string of the molecule is CN=C1S/C(=C/c2cc([N+](=O)[O-])ccc2O)C(=O)N1C. The minimum Gasteiger partial charge on any atom is -0.507 e. The number of amides is 1. The summed E-state index contributed by atoms with van der Waals surface area (Å²) < 4.78 is 0. The number of nitro groups is 1. The number of nitrogens with zero attached hydrogens (tertiary/aromatic N) is 3. The van der Waals surface area contributed by atoms with Gasteiger partial charge in [0.05, 0.1) is 9.83 Å². The standard InChI is InChI=1S/C12H11N3O4S/c1-13-12-14(2)11(17)10(20-12)6-7-5-8(15(18)19)3-4-9(7)16/h3-6,16H,1-2H3/b10-6+,13-12?. The number of phenolic OH excluding ortho intramolecular Hbond substituents is 1. The van der Waals surface area contributed by atoms with Gasteiger partial charge in [0.15, 0.2) is 5.17 Å². The number of aliphatic imine (C=N–C) groups is 1. The Hall–Kier alpha value is -2.35. The number of carbonyl (C=O) groups excluding carboxylic acids is 1. The Labute approximate surface area is 118 Å². The van der Waals surface area contributed by atoms with Crippen molar-refractivity contribution in [3.63, 3.8) is 0 Å². The third-order valence-electron chi connectivity index (χ3n) is 2.70. The maximum atomic E-state index is 11.9. The summed E-state index contributed by atoms with van der Waals surface area (Å²) in [5, 5.41) is 21.0. The van der Waals surface area contributed by atoms with Crippen molar-refractivity contribution in [2.45, 2.75) is 0 Å². The van der Waals surface area contributed by atoms with Crippen LogP contribution in [0, 0.1) is 10.1 Å². The molecule has 20 heavy (non-hydrogen) atoms. The van der Waals surface area contributed by atoms with Gasteiger partial charge in [0, 0.05) is 31.8 Å². The fourth-order valence-corrected chi connectivity index (χ4v) is 2.58. The largest absolute Gasteiger partial charge is 0.507 e. The molecule has 1 amide bonds. The van der Waals surface area contributed by atoms with Gasteiger partial charge in [-0.2, -0.15) is 0 Å². The summed E-state index contributed by atoms with van der Waals surface area (Å²) in [5.41, 5.74) is 0.0728. The topological polar surface area (TPSA) is 96.0 Å². The third kappa shape index (κ3) is 2.50. The van der Waals surface area contributed by atoms with Gasteiger partial charge in [-0.3, -0.25) is 24.8 Å². The van der Waals surface area contributed by atoms with E-state index in [-0.39, 0.29) is 22.9 Å². The lowest BCUT2D eigenvalue weighted by molar-refractivity contribution is -0.384. The molecule has 1 aromatic rings. The van der Waals surface area contributed by atoms with Crippen LogP contribution in [0.5, 0.6) is 5.75 Å². The quantitative estimate of drug-likeness (QED) is 0.510. The zero-order valence-corrected chi connectivity index (χ0v) is 11.5. The van der Waals surface area contributed by atoms with Gasteiger partial charge in [-0.05, 0) is 23.9 Å². The van der Waals surface area contributed by atoms with E-state index in [0.717, 1.165) is 11.8 Å². The Morgan fingerprint density at radius 3 is 2.75 bits per heavy atom. The number of thioether (sulfide) groups is 1. The molecule has 1 N–H and O–H groups in total. The van der Waals surface area contributed by atoms with E-state index in [9.17, 15) is 20.0 Å². The van der Waals surface area contributed by atoms with E-state index < -0.39 is 4.92 Å². The molecule has 1 fully saturated rings. The Bertz CT molecular complexity index is 654. The summed E-state index contributed by atoms with van der Waals surface area (Å²) in [5.74, 6) is -0.387. The first-order valence-corrected chi connectivity index (χ1v) is 6.37. The summed E-state index contributed by atoms with van der Waals surface area (Å²) in [6, 6.07) is 3.65. The highest BCUT2D eigenvalue weighted by Crippen LogP contribution is 2.33. The van der Waals surface area contributed by atoms with Crippen molar-refractivity contribution in [1.29, 1.82) is 0 Å². The molecule has 1 aliphatic heterocycles. The first-order chi connectivity index (χ1) is 9.43. The van der Waals surface area contributed by atoms with E-state index in [0.29, 0.717) is 10.1 Å². The number of benzene rings is 1. The van der Waals surface area contributed by atoms with Crippen molar-refractivity contribution in [3.05, 3.63) is 38.8 Å². The van der Waals surface area contributed by atoms with Crippen LogP contribution in [0.15, 0.2) is 28.1 Å². The third-order valence-corrected chi connectivity index (χ3v) is 3.85. The van der Waals surface area contributed by atoms with Crippen LogP contribution in [0.1, 0.15) is 5.56 Å². The number of likely N-dealkylation sites (N-methyl/N-ethyl adjacent to an activating group) is 1. The average Bonchev–Trinajstić information content (AvgIpc) is 2.68. The second kappa shape index (κ2) is 5.33. The molecule has 0 bridgehead atoms. The first-order valence-electron chi connectivity index (χ1n) is 5.56. The number of hydrogen-bond acceptors (Lipinski definition) is 6. The molecule has 104 valence electrons. The first kappa shape index (κ1) is 14.1. The molecular formula is C12H11N3O4S. The molecule has 0 spiro atoms. The van der Waals surface area contributed by atoms with Crippen LogP contribution < -0.4 is 0 Å². The predicted octanol–water partition coefficient (Wildman–Crippen LogP) is 1.83. The molecule has 0 atom stereocenters. The van der Waals surface area contributed by atoms with Crippen molar-refractivity contribution in [1.82, 2.24) is 4.90 Å². The maximum absolute atomic E-state index is 11.9. The van der Waals surface area contributed by atoms with Crippen LogP contribution in [0.3, 0.4) is 0 Å². The number of non-ortho nitro benzene ring substituents is 1. The molecule has 8 heteroatoms. The fraction of sp³-hybridized carbons (Fsp3) is 0.167. The molecule has 1 aromatic carbocycles. The van der Waals surface area contributed by atoms with Gasteiger partial charge >= 0.3 is 0 Å². The van der Waals surface area contributed by atoms with Crippen LogP contribution in [-0.4, -0.2) is 40.1 Å². The van der Waals surface area contributed by atoms with Crippen molar-refractivity contribution < 1.29 is 14.8 Å². The van der Waals surface area contributed by atoms with Gasteiger partial charge in [0.1, 0.15) is 5.75 Å². The minimum atomic E-state index is -0.559. The average molecular weight is 293 g/mol. The van der Waals surface area contributed by atoms with Crippen LogP contribution in [0.25, 0.3) is 6.08 Å². The summed E-state index contributed by atoms with van der Waals surface area (Å²) >= 11 is 1.15. The Morgan fingerprint density at radius 1 is 1.50 bits per heavy atom. The molecule has 2 rings (SSSR count). The Morgan fingerprint density at radius 2 is 2.20 bits per heavy atom.